The van der Waals surface area contributed by atoms with Crippen LogP contribution < -0.4 is 21.3 Å². The number of hydrazine groups is 1. The number of carbonyl (C=O) groups excluding carboxylic acids is 4. The summed E-state index contributed by atoms with van der Waals surface area (Å²) in [6.07, 6.45) is -0.604. The van der Waals surface area contributed by atoms with E-state index in [1.165, 1.54) is 24.3 Å². The van der Waals surface area contributed by atoms with Gasteiger partial charge in [-0.3, -0.25) is 34.3 Å². The van der Waals surface area contributed by atoms with Crippen molar-refractivity contribution in [2.75, 3.05) is 18.0 Å². The number of guanidine groups is 1. The molecule has 1 aliphatic heterocycles. The first kappa shape index (κ1) is 27.6. The van der Waals surface area contributed by atoms with Gasteiger partial charge >= 0.3 is 18.0 Å². The molecule has 36 heavy (non-hydrogen) atoms. The highest BCUT2D eigenvalue weighted by atomic mass is 16.4. The monoisotopic (exact) mass is 505 g/mol. The van der Waals surface area contributed by atoms with Crippen LogP contribution in [-0.2, 0) is 24.0 Å². The van der Waals surface area contributed by atoms with E-state index >= 15 is 0 Å². The maximum atomic E-state index is 13.5. The molecule has 0 saturated carbocycles. The molecule has 15 heteroatoms. The van der Waals surface area contributed by atoms with Crippen molar-refractivity contribution in [3.63, 3.8) is 0 Å². The molecular formula is C21H27N7O8. The van der Waals surface area contributed by atoms with Crippen molar-refractivity contribution in [1.82, 2.24) is 20.7 Å². The fourth-order valence-electron chi connectivity index (χ4n) is 3.61. The number of carboxylic acid groups (broad SMARTS) is 2. The lowest BCUT2D eigenvalue weighted by Gasteiger charge is -2.36. The molecule has 0 bridgehead atoms. The minimum atomic E-state index is -1.91. The topological polar surface area (TPSA) is 227 Å². The van der Waals surface area contributed by atoms with E-state index in [1.807, 2.05) is 0 Å². The van der Waals surface area contributed by atoms with Crippen molar-refractivity contribution >= 4 is 47.3 Å². The number of nitrogens with one attached hydrogen (secondary N) is 3. The lowest BCUT2D eigenvalue weighted by molar-refractivity contribution is -0.164. The Morgan fingerprint density at radius 2 is 1.81 bits per heavy atom. The number of carboxylic acids is 2. The second kappa shape index (κ2) is 12.1. The molecule has 0 spiro atoms. The minimum Gasteiger partial charge on any atom is -0.481 e. The van der Waals surface area contributed by atoms with Crippen LogP contribution in [0.2, 0.25) is 0 Å². The molecule has 1 aliphatic rings. The van der Waals surface area contributed by atoms with Crippen molar-refractivity contribution in [3.05, 3.63) is 30.3 Å². The predicted molar refractivity (Wildman–Crippen MR) is 123 cm³/mol. The first-order valence-corrected chi connectivity index (χ1v) is 10.8. The summed E-state index contributed by atoms with van der Waals surface area (Å²) >= 11 is 0. The highest BCUT2D eigenvalue weighted by Gasteiger charge is 2.47. The zero-order valence-corrected chi connectivity index (χ0v) is 19.3. The summed E-state index contributed by atoms with van der Waals surface area (Å²) in [5.74, 6) is -6.21. The number of para-hydroxylation sites is 1. The van der Waals surface area contributed by atoms with Gasteiger partial charge in [0.1, 0.15) is 18.6 Å². The van der Waals surface area contributed by atoms with E-state index in [1.54, 1.807) is 6.07 Å². The summed E-state index contributed by atoms with van der Waals surface area (Å²) in [7, 11) is 0. The average Bonchev–Trinajstić information content (AvgIpc) is 3.07. The van der Waals surface area contributed by atoms with Gasteiger partial charge in [0, 0.05) is 19.2 Å². The van der Waals surface area contributed by atoms with Gasteiger partial charge in [-0.05, 0) is 25.0 Å². The fourth-order valence-corrected chi connectivity index (χ4v) is 3.61. The largest absolute Gasteiger partial charge is 0.481 e. The van der Waals surface area contributed by atoms with Crippen LogP contribution >= 0.6 is 0 Å². The van der Waals surface area contributed by atoms with E-state index in [0.717, 1.165) is 11.8 Å². The van der Waals surface area contributed by atoms with Gasteiger partial charge in [0.25, 0.3) is 11.8 Å². The molecule has 1 aromatic carbocycles. The number of nitrogens with two attached hydrogens (primary N) is 1. The second-order valence-corrected chi connectivity index (χ2v) is 7.77. The van der Waals surface area contributed by atoms with Gasteiger partial charge in [0.05, 0.1) is 6.42 Å². The van der Waals surface area contributed by atoms with Gasteiger partial charge in [-0.15, -0.1) is 0 Å². The molecule has 7 N–H and O–H groups in total. The number of aliphatic carboxylic acids is 2. The maximum absolute atomic E-state index is 13.5. The fraction of sp³-hybridized carbons (Fsp3) is 0.381. The standard InChI is InChI=1S/C21H27N7O8/c1-12(29)27(28-18(34)14(25-21(28)36)8-5-9-24-20(22)23)15(10-16(30)31)19(35)26(11-17(32)33)13-6-3-2-4-7-13/h2-4,6-7,14-15H,5,8-11H2,1H3,(H,25,36)(H,30,31)(H,32,33)(H4,22,23,24)/t14-,15?/m0/s1. The molecule has 1 saturated heterocycles. The first-order valence-electron chi connectivity index (χ1n) is 10.8. The Morgan fingerprint density at radius 3 is 2.33 bits per heavy atom. The summed E-state index contributed by atoms with van der Waals surface area (Å²) in [4.78, 5) is 75.6. The number of anilines is 1. The molecule has 0 radical (unpaired) electrons. The van der Waals surface area contributed by atoms with Crippen LogP contribution in [0.4, 0.5) is 10.5 Å². The van der Waals surface area contributed by atoms with Crippen LogP contribution in [0, 0.1) is 5.41 Å². The van der Waals surface area contributed by atoms with E-state index in [0.29, 0.717) is 16.4 Å². The zero-order valence-electron chi connectivity index (χ0n) is 19.3. The number of rotatable bonds is 12. The number of hydrogen-bond donors (Lipinski definition) is 6. The zero-order chi connectivity index (χ0) is 27.0. The summed E-state index contributed by atoms with van der Waals surface area (Å²) in [6.45, 7) is 0.306. The Kier molecular flexibility index (Phi) is 9.29. The van der Waals surface area contributed by atoms with Gasteiger partial charge in [0.15, 0.2) is 5.96 Å². The molecule has 1 aromatic rings. The van der Waals surface area contributed by atoms with Crippen molar-refractivity contribution in [2.24, 2.45) is 5.73 Å². The SMILES string of the molecule is CC(=O)N(C(CC(=O)O)C(=O)N(CC(=O)O)c1ccccc1)N1C(=O)N[C@@H](CCCNC(=N)N)C1=O. The van der Waals surface area contributed by atoms with Crippen molar-refractivity contribution < 1.29 is 39.0 Å². The molecule has 1 fully saturated rings. The number of benzene rings is 1. The van der Waals surface area contributed by atoms with Crippen LogP contribution in [0.5, 0.6) is 0 Å². The van der Waals surface area contributed by atoms with E-state index in [2.05, 4.69) is 10.6 Å². The Hall–Kier alpha value is -4.69. The third kappa shape index (κ3) is 6.91. The van der Waals surface area contributed by atoms with Gasteiger partial charge in [-0.1, -0.05) is 18.2 Å². The van der Waals surface area contributed by atoms with Crippen LogP contribution in [-0.4, -0.2) is 87.1 Å². The molecule has 15 nitrogen and oxygen atoms in total. The normalized spacial score (nSPS) is 15.6. The smallest absolute Gasteiger partial charge is 0.344 e. The third-order valence-electron chi connectivity index (χ3n) is 5.10. The van der Waals surface area contributed by atoms with Crippen molar-refractivity contribution in [1.29, 1.82) is 5.41 Å². The predicted octanol–water partition coefficient (Wildman–Crippen LogP) is -1.11. The van der Waals surface area contributed by atoms with E-state index < -0.39 is 60.7 Å². The van der Waals surface area contributed by atoms with E-state index in [4.69, 9.17) is 11.1 Å². The second-order valence-electron chi connectivity index (χ2n) is 7.77. The lowest BCUT2D eigenvalue weighted by atomic mass is 10.1. The van der Waals surface area contributed by atoms with Crippen LogP contribution in [0.25, 0.3) is 0 Å². The highest BCUT2D eigenvalue weighted by molar-refractivity contribution is 6.08. The van der Waals surface area contributed by atoms with Gasteiger partial charge in [-0.25, -0.2) is 9.80 Å². The summed E-state index contributed by atoms with van der Waals surface area (Å²) < 4.78 is 0. The van der Waals surface area contributed by atoms with Crippen molar-refractivity contribution in [3.8, 4) is 0 Å². The number of hydrogen-bond acceptors (Lipinski definition) is 7. The van der Waals surface area contributed by atoms with Gasteiger partial charge in [-0.2, -0.15) is 5.01 Å². The van der Waals surface area contributed by atoms with Crippen LogP contribution in [0.3, 0.4) is 0 Å². The first-order chi connectivity index (χ1) is 16.9. The maximum Gasteiger partial charge on any atom is 0.344 e. The average molecular weight is 505 g/mol. The third-order valence-corrected chi connectivity index (χ3v) is 5.10. The van der Waals surface area contributed by atoms with Crippen LogP contribution in [0.15, 0.2) is 30.3 Å². The number of carbonyl (C=O) groups is 6. The van der Waals surface area contributed by atoms with Crippen molar-refractivity contribution in [2.45, 2.75) is 38.3 Å². The quantitative estimate of drug-likeness (QED) is 0.0869. The molecule has 1 unspecified atom stereocenters. The Morgan fingerprint density at radius 1 is 1.17 bits per heavy atom. The number of imide groups is 1. The Bertz CT molecular complexity index is 1050. The number of urea groups is 1. The summed E-state index contributed by atoms with van der Waals surface area (Å²) in [5.41, 5.74) is 5.30. The summed E-state index contributed by atoms with van der Waals surface area (Å²) in [6, 6.07) is 3.44. The van der Waals surface area contributed by atoms with E-state index in [-0.39, 0.29) is 24.6 Å². The minimum absolute atomic E-state index is 0.0970. The molecule has 0 aliphatic carbocycles. The molecule has 2 atom stereocenters. The van der Waals surface area contributed by atoms with E-state index in [9.17, 15) is 39.0 Å². The Balaban J connectivity index is 2.40. The van der Waals surface area contributed by atoms with Gasteiger partial charge in [0.2, 0.25) is 5.91 Å². The van der Waals surface area contributed by atoms with Gasteiger partial charge < -0.3 is 26.6 Å². The number of nitrogens with zero attached hydrogens (tertiary/aromatic N) is 3. The molecule has 194 valence electrons. The molecular weight excluding hydrogens is 478 g/mol. The highest BCUT2D eigenvalue weighted by Crippen LogP contribution is 2.22. The number of amides is 5. The lowest BCUT2D eigenvalue weighted by Crippen LogP contribution is -2.60. The molecule has 5 amide bonds. The molecule has 0 aromatic heterocycles. The molecule has 2 rings (SSSR count). The molecule has 1 heterocycles. The van der Waals surface area contributed by atoms with Crippen LogP contribution in [0.1, 0.15) is 26.2 Å². The Labute approximate surface area is 205 Å². The summed E-state index contributed by atoms with van der Waals surface area (Å²) in [5, 5.41) is 31.6.